The summed E-state index contributed by atoms with van der Waals surface area (Å²) in [5, 5.41) is 0. The maximum Gasteiger partial charge on any atom is 0.330 e. The minimum Gasteiger partial charge on any atom is -0.466 e. The summed E-state index contributed by atoms with van der Waals surface area (Å²) < 4.78 is 26.9. The lowest BCUT2D eigenvalue weighted by Gasteiger charge is -2.04. The zero-order valence-corrected chi connectivity index (χ0v) is 10.5. The van der Waals surface area contributed by atoms with E-state index in [9.17, 15) is 13.2 Å². The highest BCUT2D eigenvalue weighted by Crippen LogP contribution is 2.13. The van der Waals surface area contributed by atoms with Crippen LogP contribution in [-0.4, -0.2) is 27.8 Å². The monoisotopic (exact) mass is 254 g/mol. The summed E-state index contributed by atoms with van der Waals surface area (Å²) in [4.78, 5) is 11.0. The molecule has 0 spiro atoms. The molecule has 0 aromatic heterocycles. The normalized spacial score (nSPS) is 11.6. The number of carbonyl (C=O) groups is 1. The van der Waals surface area contributed by atoms with Crippen LogP contribution in [0.2, 0.25) is 0 Å². The molecular weight excluding hydrogens is 240 g/mol. The van der Waals surface area contributed by atoms with Gasteiger partial charge in [-0.05, 0) is 17.2 Å². The Morgan fingerprint density at radius 2 is 2.00 bits per heavy atom. The smallest absolute Gasteiger partial charge is 0.330 e. The third-order valence-electron chi connectivity index (χ3n) is 2.07. The molecule has 5 heteroatoms. The third kappa shape index (κ3) is 4.82. The van der Waals surface area contributed by atoms with Crippen LogP contribution < -0.4 is 0 Å². The van der Waals surface area contributed by atoms with Crippen molar-refractivity contribution in [3.05, 3.63) is 41.5 Å². The van der Waals surface area contributed by atoms with E-state index in [-0.39, 0.29) is 5.75 Å². The first-order chi connectivity index (χ1) is 7.92. The Bertz CT molecular complexity index is 529. The van der Waals surface area contributed by atoms with Gasteiger partial charge in [-0.3, -0.25) is 0 Å². The molecule has 1 rings (SSSR count). The minimum absolute atomic E-state index is 0.0469. The molecule has 0 atom stereocenters. The van der Waals surface area contributed by atoms with Gasteiger partial charge in [0.25, 0.3) is 0 Å². The van der Waals surface area contributed by atoms with Gasteiger partial charge in [0.1, 0.15) is 0 Å². The molecule has 0 amide bonds. The van der Waals surface area contributed by atoms with E-state index >= 15 is 0 Å². The van der Waals surface area contributed by atoms with Gasteiger partial charge < -0.3 is 4.74 Å². The Labute approximate surface area is 101 Å². The molecule has 17 heavy (non-hydrogen) atoms. The Kier molecular flexibility index (Phi) is 4.45. The Morgan fingerprint density at radius 1 is 1.35 bits per heavy atom. The van der Waals surface area contributed by atoms with Crippen LogP contribution in [0.15, 0.2) is 30.3 Å². The van der Waals surface area contributed by atoms with Gasteiger partial charge in [-0.15, -0.1) is 0 Å². The second-order valence-corrected chi connectivity index (χ2v) is 5.77. The zero-order chi connectivity index (χ0) is 12.9. The van der Waals surface area contributed by atoms with Crippen molar-refractivity contribution in [3.63, 3.8) is 0 Å². The second-order valence-electron chi connectivity index (χ2n) is 3.63. The van der Waals surface area contributed by atoms with Crippen molar-refractivity contribution in [1.29, 1.82) is 0 Å². The lowest BCUT2D eigenvalue weighted by molar-refractivity contribution is -0.134. The number of hydrogen-bond donors (Lipinski definition) is 0. The molecule has 0 bridgehead atoms. The number of hydrogen-bond acceptors (Lipinski definition) is 4. The minimum atomic E-state index is -3.09. The van der Waals surface area contributed by atoms with Crippen molar-refractivity contribution in [2.75, 3.05) is 13.4 Å². The number of sulfone groups is 1. The standard InChI is InChI=1S/C12H14O4S/c1-16-12(13)8-7-10-5-3-4-6-11(10)9-17(2,14)15/h3-8H,9H2,1-2H3. The van der Waals surface area contributed by atoms with Gasteiger partial charge in [-0.25, -0.2) is 13.2 Å². The van der Waals surface area contributed by atoms with E-state index in [0.29, 0.717) is 11.1 Å². The van der Waals surface area contributed by atoms with Crippen LogP contribution >= 0.6 is 0 Å². The van der Waals surface area contributed by atoms with Crippen LogP contribution in [-0.2, 0) is 25.1 Å². The largest absolute Gasteiger partial charge is 0.466 e. The molecule has 0 heterocycles. The lowest BCUT2D eigenvalue weighted by atomic mass is 10.1. The van der Waals surface area contributed by atoms with E-state index in [1.807, 2.05) is 0 Å². The summed E-state index contributed by atoms with van der Waals surface area (Å²) >= 11 is 0. The van der Waals surface area contributed by atoms with Gasteiger partial charge in [-0.2, -0.15) is 0 Å². The molecule has 92 valence electrons. The van der Waals surface area contributed by atoms with Crippen LogP contribution in [0, 0.1) is 0 Å². The average molecular weight is 254 g/mol. The van der Waals surface area contributed by atoms with E-state index in [1.54, 1.807) is 30.3 Å². The molecule has 1 aromatic carbocycles. The number of ether oxygens (including phenoxy) is 1. The summed E-state index contributed by atoms with van der Waals surface area (Å²) in [5.74, 6) is -0.520. The molecule has 0 radical (unpaired) electrons. The van der Waals surface area contributed by atoms with Crippen LogP contribution in [0.5, 0.6) is 0 Å². The Morgan fingerprint density at radius 3 is 2.59 bits per heavy atom. The fourth-order valence-corrected chi connectivity index (χ4v) is 2.16. The summed E-state index contributed by atoms with van der Waals surface area (Å²) in [5.41, 5.74) is 1.36. The number of carbonyl (C=O) groups excluding carboxylic acids is 1. The van der Waals surface area contributed by atoms with Crippen molar-refractivity contribution in [2.45, 2.75) is 5.75 Å². The maximum absolute atomic E-state index is 11.2. The topological polar surface area (TPSA) is 60.4 Å². The van der Waals surface area contributed by atoms with Gasteiger partial charge in [0.15, 0.2) is 9.84 Å². The fourth-order valence-electron chi connectivity index (χ4n) is 1.34. The number of methoxy groups -OCH3 is 1. The van der Waals surface area contributed by atoms with Gasteiger partial charge in [0.2, 0.25) is 0 Å². The second kappa shape index (κ2) is 5.63. The van der Waals surface area contributed by atoms with Gasteiger partial charge >= 0.3 is 5.97 Å². The molecule has 0 aliphatic heterocycles. The molecule has 0 aliphatic rings. The summed E-state index contributed by atoms with van der Waals surface area (Å²) in [6.45, 7) is 0. The van der Waals surface area contributed by atoms with Gasteiger partial charge in [0, 0.05) is 12.3 Å². The highest BCUT2D eigenvalue weighted by atomic mass is 32.2. The van der Waals surface area contributed by atoms with E-state index in [0.717, 1.165) is 0 Å². The first kappa shape index (κ1) is 13.4. The number of esters is 1. The molecule has 0 saturated heterocycles. The van der Waals surface area contributed by atoms with Crippen LogP contribution in [0.1, 0.15) is 11.1 Å². The van der Waals surface area contributed by atoms with Crippen molar-refractivity contribution < 1.29 is 17.9 Å². The molecule has 0 unspecified atom stereocenters. The highest BCUT2D eigenvalue weighted by Gasteiger charge is 2.07. The van der Waals surface area contributed by atoms with E-state index in [2.05, 4.69) is 4.74 Å². The summed E-state index contributed by atoms with van der Waals surface area (Å²) in [6, 6.07) is 7.01. The SMILES string of the molecule is COC(=O)C=Cc1ccccc1CS(C)(=O)=O. The van der Waals surface area contributed by atoms with Crippen molar-refractivity contribution >= 4 is 21.9 Å². The predicted molar refractivity (Wildman–Crippen MR) is 66.0 cm³/mol. The van der Waals surface area contributed by atoms with E-state index < -0.39 is 15.8 Å². The zero-order valence-electron chi connectivity index (χ0n) is 9.71. The first-order valence-electron chi connectivity index (χ1n) is 4.94. The molecule has 0 N–H and O–H groups in total. The molecular formula is C12H14O4S. The average Bonchev–Trinajstić information content (AvgIpc) is 2.25. The van der Waals surface area contributed by atoms with Crippen LogP contribution in [0.4, 0.5) is 0 Å². The molecule has 1 aromatic rings. The quantitative estimate of drug-likeness (QED) is 0.602. The van der Waals surface area contributed by atoms with Gasteiger partial charge in [0.05, 0.1) is 12.9 Å². The van der Waals surface area contributed by atoms with Crippen molar-refractivity contribution in [3.8, 4) is 0 Å². The molecule has 0 fully saturated rings. The Balaban J connectivity index is 3.00. The van der Waals surface area contributed by atoms with E-state index in [1.165, 1.54) is 19.4 Å². The van der Waals surface area contributed by atoms with Crippen LogP contribution in [0.25, 0.3) is 6.08 Å². The number of rotatable bonds is 4. The van der Waals surface area contributed by atoms with E-state index in [4.69, 9.17) is 0 Å². The summed E-state index contributed by atoms with van der Waals surface area (Å²) in [7, 11) is -1.81. The maximum atomic E-state index is 11.2. The highest BCUT2D eigenvalue weighted by molar-refractivity contribution is 7.89. The lowest BCUT2D eigenvalue weighted by Crippen LogP contribution is -2.02. The first-order valence-corrected chi connectivity index (χ1v) is 7.00. The molecule has 4 nitrogen and oxygen atoms in total. The molecule has 0 saturated carbocycles. The molecule has 0 aliphatic carbocycles. The van der Waals surface area contributed by atoms with Gasteiger partial charge in [-0.1, -0.05) is 24.3 Å². The fraction of sp³-hybridized carbons (Fsp3) is 0.250. The number of benzene rings is 1. The Hall–Kier alpha value is -1.62. The third-order valence-corrected chi connectivity index (χ3v) is 2.91. The van der Waals surface area contributed by atoms with Crippen LogP contribution in [0.3, 0.4) is 0 Å². The van der Waals surface area contributed by atoms with Crippen molar-refractivity contribution in [2.24, 2.45) is 0 Å². The predicted octanol–water partition coefficient (Wildman–Crippen LogP) is 1.42. The van der Waals surface area contributed by atoms with Crippen molar-refractivity contribution in [1.82, 2.24) is 0 Å². The summed E-state index contributed by atoms with van der Waals surface area (Å²) in [6.07, 6.45) is 3.99.